The molecule has 0 spiro atoms. The Kier molecular flexibility index (Phi) is 6.25. The lowest BCUT2D eigenvalue weighted by molar-refractivity contribution is -0.141. The van der Waals surface area contributed by atoms with E-state index < -0.39 is 29.5 Å². The van der Waals surface area contributed by atoms with Gasteiger partial charge in [-0.15, -0.1) is 0 Å². The van der Waals surface area contributed by atoms with E-state index in [0.717, 1.165) is 6.20 Å². The summed E-state index contributed by atoms with van der Waals surface area (Å²) in [5.41, 5.74) is 5.37. The molecule has 176 valence electrons. The number of carbonyl (C=O) groups is 2. The molecule has 4 aromatic rings. The van der Waals surface area contributed by atoms with Gasteiger partial charge in [0.05, 0.1) is 17.4 Å². The molecule has 10 nitrogen and oxygen atoms in total. The summed E-state index contributed by atoms with van der Waals surface area (Å²) in [4.78, 5) is 42.9. The zero-order valence-electron chi connectivity index (χ0n) is 17.6. The van der Waals surface area contributed by atoms with Gasteiger partial charge in [-0.1, -0.05) is 0 Å². The third-order valence-electron chi connectivity index (χ3n) is 4.98. The molecule has 0 radical (unpaired) electrons. The van der Waals surface area contributed by atoms with E-state index in [1.54, 1.807) is 24.7 Å². The smallest absolute Gasteiger partial charge is 0.369 e. The lowest BCUT2D eigenvalue weighted by atomic mass is 10.1. The Morgan fingerprint density at radius 1 is 1.18 bits per heavy atom. The van der Waals surface area contributed by atoms with Crippen molar-refractivity contribution >= 4 is 22.8 Å². The van der Waals surface area contributed by atoms with Gasteiger partial charge >= 0.3 is 6.18 Å². The van der Waals surface area contributed by atoms with Gasteiger partial charge in [-0.3, -0.25) is 9.59 Å². The molecule has 0 saturated carbocycles. The molecule has 13 heteroatoms. The van der Waals surface area contributed by atoms with E-state index in [1.807, 2.05) is 10.8 Å². The predicted molar refractivity (Wildman–Crippen MR) is 113 cm³/mol. The maximum Gasteiger partial charge on any atom is 0.433 e. The SMILES string of the molecule is NC(=O)C(c1nccc(C(F)(F)F)n1)c1nc2ccc(C(=O)NCCCn3ccnc3)cc2[nH]1. The van der Waals surface area contributed by atoms with Crippen molar-refractivity contribution in [2.24, 2.45) is 5.73 Å². The molecule has 4 N–H and O–H groups in total. The number of primary amides is 1. The maximum atomic E-state index is 13.0. The molecule has 0 fully saturated rings. The van der Waals surface area contributed by atoms with Gasteiger partial charge < -0.3 is 20.6 Å². The monoisotopic (exact) mass is 472 g/mol. The van der Waals surface area contributed by atoms with Crippen LogP contribution in [0, 0.1) is 0 Å². The number of alkyl halides is 3. The number of halogens is 3. The zero-order valence-corrected chi connectivity index (χ0v) is 17.6. The number of aromatic nitrogens is 6. The standard InChI is InChI=1S/C21H19F3N8O2/c22-21(23,24)15-4-6-27-18(31-15)16(17(25)33)19-29-13-3-2-12(10-14(13)30-19)20(34)28-5-1-8-32-9-7-26-11-32/h2-4,6-7,9-11,16H,1,5,8H2,(H2,25,33)(H,28,34)(H,29,30). The van der Waals surface area contributed by atoms with Gasteiger partial charge in [0.1, 0.15) is 17.3 Å². The zero-order chi connectivity index (χ0) is 24.3. The second-order valence-electron chi connectivity index (χ2n) is 7.40. The summed E-state index contributed by atoms with van der Waals surface area (Å²) in [5, 5.41) is 2.81. The highest BCUT2D eigenvalue weighted by atomic mass is 19.4. The number of rotatable bonds is 8. The molecule has 0 aliphatic carbocycles. The summed E-state index contributed by atoms with van der Waals surface area (Å²) in [7, 11) is 0. The highest BCUT2D eigenvalue weighted by Crippen LogP contribution is 2.29. The Morgan fingerprint density at radius 2 is 2.00 bits per heavy atom. The van der Waals surface area contributed by atoms with Gasteiger partial charge in [-0.2, -0.15) is 13.2 Å². The Balaban J connectivity index is 1.52. The van der Waals surface area contributed by atoms with Gasteiger partial charge in [0.25, 0.3) is 5.91 Å². The van der Waals surface area contributed by atoms with Gasteiger partial charge in [0.2, 0.25) is 5.91 Å². The summed E-state index contributed by atoms with van der Waals surface area (Å²) < 4.78 is 41.0. The van der Waals surface area contributed by atoms with Crippen molar-refractivity contribution in [1.29, 1.82) is 0 Å². The number of nitrogens with zero attached hydrogens (tertiary/aromatic N) is 5. The molecule has 0 aliphatic rings. The summed E-state index contributed by atoms with van der Waals surface area (Å²) in [6.07, 6.45) is 2.09. The minimum Gasteiger partial charge on any atom is -0.369 e. The van der Waals surface area contributed by atoms with Crippen molar-refractivity contribution in [2.75, 3.05) is 6.54 Å². The highest BCUT2D eigenvalue weighted by molar-refractivity contribution is 5.97. The van der Waals surface area contributed by atoms with Crippen LogP contribution >= 0.6 is 0 Å². The number of carbonyl (C=O) groups excluding carboxylic acids is 2. The average Bonchev–Trinajstić information content (AvgIpc) is 3.45. The van der Waals surface area contributed by atoms with Crippen LogP contribution in [0.15, 0.2) is 49.2 Å². The number of fused-ring (bicyclic) bond motifs is 1. The molecule has 0 aliphatic heterocycles. The Morgan fingerprint density at radius 3 is 2.71 bits per heavy atom. The van der Waals surface area contributed by atoms with E-state index in [9.17, 15) is 22.8 Å². The molecule has 4 rings (SSSR count). The van der Waals surface area contributed by atoms with E-state index in [0.29, 0.717) is 42.2 Å². The Labute approximate surface area is 190 Å². The molecular formula is C21H19F3N8O2. The first-order chi connectivity index (χ1) is 16.2. The minimum absolute atomic E-state index is 0.0280. The van der Waals surface area contributed by atoms with Crippen molar-refractivity contribution in [3.8, 4) is 0 Å². The molecule has 3 aromatic heterocycles. The van der Waals surface area contributed by atoms with Gasteiger partial charge in [0, 0.05) is 37.2 Å². The molecule has 0 saturated heterocycles. The lowest BCUT2D eigenvalue weighted by Gasteiger charge is -2.11. The number of hydrogen-bond donors (Lipinski definition) is 3. The average molecular weight is 472 g/mol. The quantitative estimate of drug-likeness (QED) is 0.335. The number of aryl methyl sites for hydroxylation is 1. The van der Waals surface area contributed by atoms with Crippen LogP contribution in [0.2, 0.25) is 0 Å². The van der Waals surface area contributed by atoms with Crippen molar-refractivity contribution in [1.82, 2.24) is 34.8 Å². The molecule has 1 aromatic carbocycles. The predicted octanol–water partition coefficient (Wildman–Crippen LogP) is 2.01. The fourth-order valence-electron chi connectivity index (χ4n) is 3.35. The second-order valence-corrected chi connectivity index (χ2v) is 7.40. The van der Waals surface area contributed by atoms with Gasteiger partial charge in [0.15, 0.2) is 5.92 Å². The number of imidazole rings is 2. The van der Waals surface area contributed by atoms with Crippen LogP contribution in [-0.4, -0.2) is 47.8 Å². The second kappa shape index (κ2) is 9.29. The van der Waals surface area contributed by atoms with Crippen molar-refractivity contribution in [2.45, 2.75) is 25.1 Å². The van der Waals surface area contributed by atoms with E-state index >= 15 is 0 Å². The largest absolute Gasteiger partial charge is 0.433 e. The molecule has 0 bridgehead atoms. The van der Waals surface area contributed by atoms with E-state index in [2.05, 4.69) is 30.2 Å². The van der Waals surface area contributed by atoms with Crippen LogP contribution in [0.3, 0.4) is 0 Å². The van der Waals surface area contributed by atoms with Gasteiger partial charge in [-0.25, -0.2) is 19.9 Å². The molecule has 1 atom stereocenters. The molecule has 3 heterocycles. The number of nitrogens with one attached hydrogen (secondary N) is 2. The highest BCUT2D eigenvalue weighted by Gasteiger charge is 2.35. The third-order valence-corrected chi connectivity index (χ3v) is 4.98. The fraction of sp³-hybridized carbons (Fsp3) is 0.238. The summed E-state index contributed by atoms with van der Waals surface area (Å²) in [6.45, 7) is 1.15. The van der Waals surface area contributed by atoms with E-state index in [4.69, 9.17) is 5.73 Å². The summed E-state index contributed by atoms with van der Waals surface area (Å²) in [5.74, 6) is -3.18. The first-order valence-corrected chi connectivity index (χ1v) is 10.2. The number of hydrogen-bond acceptors (Lipinski definition) is 6. The Bertz CT molecular complexity index is 1320. The lowest BCUT2D eigenvalue weighted by Crippen LogP contribution is -2.26. The number of aromatic amines is 1. The van der Waals surface area contributed by atoms with Crippen LogP contribution in [0.25, 0.3) is 11.0 Å². The van der Waals surface area contributed by atoms with Crippen LogP contribution < -0.4 is 11.1 Å². The summed E-state index contributed by atoms with van der Waals surface area (Å²) in [6, 6.07) is 5.33. The molecule has 34 heavy (non-hydrogen) atoms. The first-order valence-electron chi connectivity index (χ1n) is 10.2. The topological polar surface area (TPSA) is 144 Å². The van der Waals surface area contributed by atoms with Crippen molar-refractivity contribution in [3.05, 3.63) is 72.1 Å². The molecule has 2 amide bonds. The minimum atomic E-state index is -4.71. The molecular weight excluding hydrogens is 453 g/mol. The summed E-state index contributed by atoms with van der Waals surface area (Å²) >= 11 is 0. The molecule has 1 unspecified atom stereocenters. The van der Waals surface area contributed by atoms with Crippen molar-refractivity contribution < 1.29 is 22.8 Å². The van der Waals surface area contributed by atoms with Crippen LogP contribution in [-0.2, 0) is 17.5 Å². The maximum absolute atomic E-state index is 13.0. The van der Waals surface area contributed by atoms with E-state index in [1.165, 1.54) is 6.07 Å². The number of nitrogens with two attached hydrogens (primary N) is 1. The Hall–Kier alpha value is -4.29. The van der Waals surface area contributed by atoms with Crippen LogP contribution in [0.4, 0.5) is 13.2 Å². The van der Waals surface area contributed by atoms with Crippen LogP contribution in [0.1, 0.15) is 40.0 Å². The van der Waals surface area contributed by atoms with E-state index in [-0.39, 0.29) is 11.7 Å². The third kappa shape index (κ3) is 5.03. The number of H-pyrrole nitrogens is 1. The van der Waals surface area contributed by atoms with Crippen LogP contribution in [0.5, 0.6) is 0 Å². The van der Waals surface area contributed by atoms with Gasteiger partial charge in [-0.05, 0) is 30.7 Å². The number of amides is 2. The normalized spacial score (nSPS) is 12.6. The fourth-order valence-corrected chi connectivity index (χ4v) is 3.35. The first kappa shape index (κ1) is 22.9. The number of benzene rings is 1. The van der Waals surface area contributed by atoms with Crippen molar-refractivity contribution in [3.63, 3.8) is 0 Å².